The fourth-order valence-corrected chi connectivity index (χ4v) is 7.75. The molecule has 1 saturated heterocycles. The number of benzene rings is 1. The summed E-state index contributed by atoms with van der Waals surface area (Å²) in [5, 5.41) is 3.18. The van der Waals surface area contributed by atoms with Gasteiger partial charge in [-0.15, -0.1) is 11.3 Å². The molecule has 1 aliphatic heterocycles. The molecule has 1 N–H and O–H groups in total. The van der Waals surface area contributed by atoms with E-state index >= 15 is 0 Å². The minimum Gasteiger partial charge on any atom is -0.462 e. The third-order valence-corrected chi connectivity index (χ3v) is 10.0. The third kappa shape index (κ3) is 4.68. The number of carbonyl (C=O) groups is 2. The Kier molecular flexibility index (Phi) is 6.85. The maximum absolute atomic E-state index is 13.0. The number of sulfonamides is 1. The molecule has 0 spiro atoms. The van der Waals surface area contributed by atoms with Crippen LogP contribution in [0.25, 0.3) is 9.53 Å². The maximum Gasteiger partial charge on any atom is 0.348 e. The lowest BCUT2D eigenvalue weighted by Gasteiger charge is -2.32. The highest BCUT2D eigenvalue weighted by atomic mass is 32.2. The second-order valence-electron chi connectivity index (χ2n) is 7.87. The number of hydrogen-bond acceptors (Lipinski definition) is 8. The van der Waals surface area contributed by atoms with Crippen LogP contribution in [0, 0.1) is 6.92 Å². The van der Waals surface area contributed by atoms with E-state index in [2.05, 4.69) is 10.3 Å². The van der Waals surface area contributed by atoms with Crippen molar-refractivity contribution in [1.82, 2.24) is 9.29 Å². The van der Waals surface area contributed by atoms with Crippen molar-refractivity contribution in [3.05, 3.63) is 40.3 Å². The van der Waals surface area contributed by atoms with Crippen LogP contribution in [0.4, 0.5) is 5.13 Å². The van der Waals surface area contributed by atoms with Gasteiger partial charge in [0.2, 0.25) is 10.0 Å². The maximum atomic E-state index is 13.0. The van der Waals surface area contributed by atoms with Crippen LogP contribution in [0.1, 0.15) is 58.7 Å². The second kappa shape index (κ2) is 9.49. The average Bonchev–Trinajstić information content (AvgIpc) is 3.32. The molecule has 8 nitrogen and oxygen atoms in total. The summed E-state index contributed by atoms with van der Waals surface area (Å²) < 4.78 is 33.4. The summed E-state index contributed by atoms with van der Waals surface area (Å²) in [6.45, 7) is 6.33. The summed E-state index contributed by atoms with van der Waals surface area (Å²) in [5.41, 5.74) is 1.12. The van der Waals surface area contributed by atoms with Crippen LogP contribution >= 0.6 is 22.7 Å². The summed E-state index contributed by atoms with van der Waals surface area (Å²) in [4.78, 5) is 30.5. The molecule has 2 aromatic heterocycles. The minimum absolute atomic E-state index is 0.0294. The first-order valence-corrected chi connectivity index (χ1v) is 13.8. The number of fused-ring (bicyclic) bond motifs is 1. The van der Waals surface area contributed by atoms with E-state index in [1.54, 1.807) is 11.2 Å². The molecule has 11 heteroatoms. The Labute approximate surface area is 200 Å². The molecule has 1 atom stereocenters. The number of aryl methyl sites for hydroxylation is 1. The molecule has 0 unspecified atom stereocenters. The number of carbonyl (C=O) groups excluding carboxylic acids is 2. The second-order valence-corrected chi connectivity index (χ2v) is 11.8. The first kappa shape index (κ1) is 23.8. The molecular weight excluding hydrogens is 482 g/mol. The Balaban J connectivity index is 1.49. The van der Waals surface area contributed by atoms with Crippen molar-refractivity contribution in [2.75, 3.05) is 18.5 Å². The molecule has 0 radical (unpaired) electrons. The van der Waals surface area contributed by atoms with Crippen LogP contribution in [0.3, 0.4) is 0 Å². The van der Waals surface area contributed by atoms with E-state index in [0.717, 1.165) is 29.5 Å². The summed E-state index contributed by atoms with van der Waals surface area (Å²) in [6.07, 6.45) is 2.74. The number of amides is 1. The normalized spacial score (nSPS) is 17.2. The Bertz CT molecular complexity index is 1290. The summed E-state index contributed by atoms with van der Waals surface area (Å²) >= 11 is 2.52. The molecule has 3 heterocycles. The van der Waals surface area contributed by atoms with Gasteiger partial charge >= 0.3 is 5.97 Å². The number of thiazole rings is 1. The SMILES string of the molecule is CCOC(=O)c1sc2nc(NC(=O)c3ccc(S(=O)(=O)N4CCCC[C@@H]4C)cc3)sc2c1C. The number of piperidine rings is 1. The number of hydrogen-bond donors (Lipinski definition) is 1. The van der Waals surface area contributed by atoms with Crippen molar-refractivity contribution in [3.63, 3.8) is 0 Å². The number of anilines is 1. The quantitative estimate of drug-likeness (QED) is 0.487. The Morgan fingerprint density at radius 3 is 2.58 bits per heavy atom. The van der Waals surface area contributed by atoms with Gasteiger partial charge in [0.25, 0.3) is 5.91 Å². The van der Waals surface area contributed by atoms with Crippen molar-refractivity contribution in [3.8, 4) is 0 Å². The van der Waals surface area contributed by atoms with Crippen molar-refractivity contribution >= 4 is 59.2 Å². The van der Waals surface area contributed by atoms with Gasteiger partial charge in [0.1, 0.15) is 9.71 Å². The minimum atomic E-state index is -3.59. The van der Waals surface area contributed by atoms with Crippen LogP contribution in [-0.2, 0) is 14.8 Å². The zero-order valence-corrected chi connectivity index (χ0v) is 21.0. The van der Waals surface area contributed by atoms with Crippen LogP contribution in [-0.4, -0.2) is 48.8 Å². The van der Waals surface area contributed by atoms with E-state index < -0.39 is 10.0 Å². The van der Waals surface area contributed by atoms with Crippen LogP contribution in [0.15, 0.2) is 29.2 Å². The standard InChI is InChI=1S/C22H25N3O5S3/c1-4-30-21(27)18-14(3)17-20(31-18)24-22(32-17)23-19(26)15-8-10-16(11-9-15)33(28,29)25-12-6-5-7-13(25)2/h8-11,13H,4-7,12H2,1-3H3,(H,23,24,26)/t13-/m0/s1. The van der Waals surface area contributed by atoms with Crippen LogP contribution < -0.4 is 5.32 Å². The molecule has 1 aromatic carbocycles. The smallest absolute Gasteiger partial charge is 0.348 e. The molecule has 176 valence electrons. The fraction of sp³-hybridized carbons (Fsp3) is 0.409. The molecule has 4 rings (SSSR count). The number of ether oxygens (including phenoxy) is 1. The molecule has 0 bridgehead atoms. The van der Waals surface area contributed by atoms with Gasteiger partial charge in [0, 0.05) is 18.2 Å². The van der Waals surface area contributed by atoms with Gasteiger partial charge < -0.3 is 4.74 Å². The highest BCUT2D eigenvalue weighted by Gasteiger charge is 2.31. The van der Waals surface area contributed by atoms with E-state index in [9.17, 15) is 18.0 Å². The summed E-state index contributed by atoms with van der Waals surface area (Å²) in [6, 6.07) is 5.94. The Hall–Kier alpha value is -2.34. The topological polar surface area (TPSA) is 106 Å². The number of aromatic nitrogens is 1. The van der Waals surface area contributed by atoms with E-state index in [4.69, 9.17) is 4.74 Å². The largest absolute Gasteiger partial charge is 0.462 e. The molecule has 33 heavy (non-hydrogen) atoms. The molecule has 1 amide bonds. The third-order valence-electron chi connectivity index (χ3n) is 5.62. The Morgan fingerprint density at radius 2 is 1.94 bits per heavy atom. The first-order chi connectivity index (χ1) is 15.7. The van der Waals surface area contributed by atoms with Crippen LogP contribution in [0.5, 0.6) is 0 Å². The Morgan fingerprint density at radius 1 is 1.21 bits per heavy atom. The van der Waals surface area contributed by atoms with Gasteiger partial charge in [-0.2, -0.15) is 4.31 Å². The molecule has 0 aliphatic carbocycles. The van der Waals surface area contributed by atoms with E-state index in [-0.39, 0.29) is 22.8 Å². The fourth-order valence-electron chi connectivity index (χ4n) is 3.85. The van der Waals surface area contributed by atoms with Gasteiger partial charge in [-0.3, -0.25) is 10.1 Å². The lowest BCUT2D eigenvalue weighted by atomic mass is 10.1. The van der Waals surface area contributed by atoms with Crippen molar-refractivity contribution < 1.29 is 22.7 Å². The van der Waals surface area contributed by atoms with Crippen molar-refractivity contribution in [1.29, 1.82) is 0 Å². The highest BCUT2D eigenvalue weighted by Crippen LogP contribution is 2.37. The number of rotatable bonds is 6. The zero-order valence-electron chi connectivity index (χ0n) is 18.6. The lowest BCUT2D eigenvalue weighted by molar-refractivity contribution is 0.0531. The number of esters is 1. The number of nitrogens with one attached hydrogen (secondary N) is 1. The van der Waals surface area contributed by atoms with Gasteiger partial charge in [0.15, 0.2) is 5.13 Å². The first-order valence-electron chi connectivity index (χ1n) is 10.7. The monoisotopic (exact) mass is 507 g/mol. The summed E-state index contributed by atoms with van der Waals surface area (Å²) in [7, 11) is -3.59. The summed E-state index contributed by atoms with van der Waals surface area (Å²) in [5.74, 6) is -0.750. The molecule has 1 aliphatic rings. The predicted molar refractivity (Wildman–Crippen MR) is 130 cm³/mol. The van der Waals surface area contributed by atoms with Gasteiger partial charge in [-0.1, -0.05) is 17.8 Å². The van der Waals surface area contributed by atoms with E-state index in [1.807, 2.05) is 13.8 Å². The van der Waals surface area contributed by atoms with E-state index in [1.165, 1.54) is 46.9 Å². The zero-order chi connectivity index (χ0) is 23.8. The molecule has 1 fully saturated rings. The lowest BCUT2D eigenvalue weighted by Crippen LogP contribution is -2.41. The average molecular weight is 508 g/mol. The van der Waals surface area contributed by atoms with Gasteiger partial charge in [-0.25, -0.2) is 18.2 Å². The molecule has 3 aromatic rings. The van der Waals surface area contributed by atoms with Crippen molar-refractivity contribution in [2.45, 2.75) is 51.0 Å². The number of nitrogens with zero attached hydrogens (tertiary/aromatic N) is 2. The van der Waals surface area contributed by atoms with Gasteiger partial charge in [-0.05, 0) is 63.4 Å². The van der Waals surface area contributed by atoms with Crippen LogP contribution in [0.2, 0.25) is 0 Å². The highest BCUT2D eigenvalue weighted by molar-refractivity contribution is 7.89. The van der Waals surface area contributed by atoms with E-state index in [0.29, 0.717) is 33.6 Å². The molecule has 0 saturated carbocycles. The van der Waals surface area contributed by atoms with Crippen molar-refractivity contribution in [2.24, 2.45) is 0 Å². The number of thiophene rings is 1. The van der Waals surface area contributed by atoms with Gasteiger partial charge in [0.05, 0.1) is 16.2 Å². The predicted octanol–water partition coefficient (Wildman–Crippen LogP) is 4.66. The molecular formula is C22H25N3O5S3.